The SMILES string of the molecule is c1ccc(N(c2ccc3c(c2)C2(c4ccccc4-3)c3ccccc3-c3cc4c5ccccc5c5ccccc5c4cc32)c2ccc3sc4ccccc4c3c2)cc1. The molecule has 0 bridgehead atoms. The van der Waals surface area contributed by atoms with Gasteiger partial charge in [0.25, 0.3) is 0 Å². The zero-order valence-electron chi connectivity index (χ0n) is 30.9. The second-order valence-electron chi connectivity index (χ2n) is 15.6. The van der Waals surface area contributed by atoms with Crippen molar-refractivity contribution >= 4 is 80.9 Å². The summed E-state index contributed by atoms with van der Waals surface area (Å²) < 4.78 is 2.63. The third-order valence-electron chi connectivity index (χ3n) is 12.8. The number of hydrogen-bond acceptors (Lipinski definition) is 2. The Bertz CT molecular complexity index is 3480. The highest BCUT2D eigenvalue weighted by Gasteiger charge is 2.52. The third kappa shape index (κ3) is 4.12. The van der Waals surface area contributed by atoms with Crippen LogP contribution in [0.25, 0.3) is 74.7 Å². The second-order valence-corrected chi connectivity index (χ2v) is 16.6. The molecule has 10 aromatic carbocycles. The average Bonchev–Trinajstić information content (AvgIpc) is 3.90. The summed E-state index contributed by atoms with van der Waals surface area (Å²) in [6.45, 7) is 0. The Kier molecular flexibility index (Phi) is 6.31. The molecule has 0 aliphatic heterocycles. The van der Waals surface area contributed by atoms with Gasteiger partial charge in [0.05, 0.1) is 5.41 Å². The number of anilines is 3. The van der Waals surface area contributed by atoms with E-state index >= 15 is 0 Å². The molecule has 13 rings (SSSR count). The lowest BCUT2D eigenvalue weighted by Gasteiger charge is -2.32. The summed E-state index contributed by atoms with van der Waals surface area (Å²) in [6, 6.07) is 75.1. The van der Waals surface area contributed by atoms with Crippen molar-refractivity contribution in [2.45, 2.75) is 5.41 Å². The maximum atomic E-state index is 2.56. The summed E-state index contributed by atoms with van der Waals surface area (Å²) in [5, 5.41) is 10.4. The minimum absolute atomic E-state index is 0.495. The lowest BCUT2D eigenvalue weighted by atomic mass is 9.70. The molecule has 11 aromatic rings. The quantitative estimate of drug-likeness (QED) is 0.163. The Morgan fingerprint density at radius 2 is 0.772 bits per heavy atom. The molecule has 1 nitrogen and oxygen atoms in total. The molecule has 1 heterocycles. The molecule has 0 radical (unpaired) electrons. The topological polar surface area (TPSA) is 3.24 Å². The first-order valence-electron chi connectivity index (χ1n) is 19.8. The fourth-order valence-electron chi connectivity index (χ4n) is 10.5. The minimum atomic E-state index is -0.495. The number of thiophene rings is 1. The van der Waals surface area contributed by atoms with Gasteiger partial charge in [-0.15, -0.1) is 11.3 Å². The largest absolute Gasteiger partial charge is 0.310 e. The monoisotopic (exact) mass is 739 g/mol. The summed E-state index contributed by atoms with van der Waals surface area (Å²) in [4.78, 5) is 2.45. The zero-order chi connectivity index (χ0) is 37.2. The van der Waals surface area contributed by atoms with Crippen LogP contribution in [0.15, 0.2) is 200 Å². The van der Waals surface area contributed by atoms with Crippen molar-refractivity contribution in [3.8, 4) is 22.3 Å². The average molecular weight is 740 g/mol. The van der Waals surface area contributed by atoms with Crippen LogP contribution in [0.3, 0.4) is 0 Å². The predicted octanol–water partition coefficient (Wildman–Crippen LogP) is 15.3. The lowest BCUT2D eigenvalue weighted by molar-refractivity contribution is 0.795. The molecule has 2 aliphatic rings. The maximum Gasteiger partial charge on any atom is 0.0726 e. The Morgan fingerprint density at radius 3 is 1.49 bits per heavy atom. The molecule has 1 spiro atoms. The Labute approximate surface area is 334 Å². The van der Waals surface area contributed by atoms with Gasteiger partial charge < -0.3 is 4.90 Å². The predicted molar refractivity (Wildman–Crippen MR) is 243 cm³/mol. The number of para-hydroxylation sites is 1. The van der Waals surface area contributed by atoms with E-state index < -0.39 is 5.41 Å². The highest BCUT2D eigenvalue weighted by atomic mass is 32.1. The molecule has 2 heteroatoms. The number of nitrogens with zero attached hydrogens (tertiary/aromatic N) is 1. The highest BCUT2D eigenvalue weighted by molar-refractivity contribution is 7.25. The van der Waals surface area contributed by atoms with Gasteiger partial charge in [-0.1, -0.05) is 140 Å². The second kappa shape index (κ2) is 11.5. The summed E-state index contributed by atoms with van der Waals surface area (Å²) in [6.07, 6.45) is 0. The van der Waals surface area contributed by atoms with Crippen LogP contribution in [0.1, 0.15) is 22.3 Å². The van der Waals surface area contributed by atoms with Crippen molar-refractivity contribution in [2.24, 2.45) is 0 Å². The van der Waals surface area contributed by atoms with Crippen molar-refractivity contribution in [1.29, 1.82) is 0 Å². The van der Waals surface area contributed by atoms with Gasteiger partial charge in [-0.3, -0.25) is 0 Å². The van der Waals surface area contributed by atoms with Crippen LogP contribution < -0.4 is 4.90 Å². The summed E-state index contributed by atoms with van der Waals surface area (Å²) in [5.41, 5.74) is 13.6. The summed E-state index contributed by atoms with van der Waals surface area (Å²) in [7, 11) is 0. The van der Waals surface area contributed by atoms with Crippen LogP contribution in [0.4, 0.5) is 17.1 Å². The van der Waals surface area contributed by atoms with Gasteiger partial charge in [0.1, 0.15) is 0 Å². The number of hydrogen-bond donors (Lipinski definition) is 0. The van der Waals surface area contributed by atoms with E-state index in [1.54, 1.807) is 0 Å². The van der Waals surface area contributed by atoms with Gasteiger partial charge in [-0.2, -0.15) is 0 Å². The highest BCUT2D eigenvalue weighted by Crippen LogP contribution is 2.64. The van der Waals surface area contributed by atoms with Crippen LogP contribution in [0, 0.1) is 0 Å². The van der Waals surface area contributed by atoms with E-state index in [9.17, 15) is 0 Å². The molecule has 1 unspecified atom stereocenters. The first-order chi connectivity index (χ1) is 28.3. The number of fused-ring (bicyclic) bond motifs is 19. The molecule has 57 heavy (non-hydrogen) atoms. The maximum absolute atomic E-state index is 2.56. The molecule has 0 amide bonds. The normalized spacial score (nSPS) is 15.1. The molecule has 0 saturated carbocycles. The lowest BCUT2D eigenvalue weighted by Crippen LogP contribution is -2.26. The standard InChI is InChI=1S/C55H33NS/c1-2-14-34(15-3-1)56(35-27-29-54-48(30-35)44-22-10-13-25-53(44)57-54)36-26-28-43-41-20-8-11-23-49(41)55(51(43)31-36)50-24-12-9-21-42(50)47-32-45-39-18-6-4-16-37(39)38-17-5-7-19-40(38)46(45)33-52(47)55/h1-33H. The molecule has 264 valence electrons. The molecule has 0 N–H and O–H groups in total. The summed E-state index contributed by atoms with van der Waals surface area (Å²) in [5.74, 6) is 0. The van der Waals surface area contributed by atoms with Gasteiger partial charge >= 0.3 is 0 Å². The van der Waals surface area contributed by atoms with Gasteiger partial charge in [0.2, 0.25) is 0 Å². The van der Waals surface area contributed by atoms with Crippen LogP contribution >= 0.6 is 11.3 Å². The van der Waals surface area contributed by atoms with Crippen molar-refractivity contribution in [3.63, 3.8) is 0 Å². The molecular formula is C55H33NS. The van der Waals surface area contributed by atoms with Crippen LogP contribution in [0.2, 0.25) is 0 Å². The van der Waals surface area contributed by atoms with Gasteiger partial charge in [-0.05, 0) is 137 Å². The third-order valence-corrected chi connectivity index (χ3v) is 14.0. The van der Waals surface area contributed by atoms with Crippen LogP contribution in [-0.4, -0.2) is 0 Å². The molecular weight excluding hydrogens is 707 g/mol. The van der Waals surface area contributed by atoms with E-state index in [0.29, 0.717) is 0 Å². The van der Waals surface area contributed by atoms with Gasteiger partial charge in [0, 0.05) is 37.2 Å². The Morgan fingerprint density at radius 1 is 0.281 bits per heavy atom. The summed E-state index contributed by atoms with van der Waals surface area (Å²) >= 11 is 1.87. The Hall–Kier alpha value is -7.00. The van der Waals surface area contributed by atoms with Crippen molar-refractivity contribution in [2.75, 3.05) is 4.90 Å². The van der Waals surface area contributed by atoms with Crippen molar-refractivity contribution < 1.29 is 0 Å². The number of benzene rings is 10. The van der Waals surface area contributed by atoms with E-state index in [2.05, 4.69) is 205 Å². The van der Waals surface area contributed by atoms with Crippen molar-refractivity contribution in [1.82, 2.24) is 0 Å². The molecule has 2 aliphatic carbocycles. The van der Waals surface area contributed by atoms with E-state index in [4.69, 9.17) is 0 Å². The van der Waals surface area contributed by atoms with E-state index in [0.717, 1.165) is 17.1 Å². The number of rotatable bonds is 3. The van der Waals surface area contributed by atoms with E-state index in [-0.39, 0.29) is 0 Å². The first-order valence-corrected chi connectivity index (χ1v) is 20.6. The first kappa shape index (κ1) is 31.2. The fourth-order valence-corrected chi connectivity index (χ4v) is 11.6. The fraction of sp³-hybridized carbons (Fsp3) is 0.0182. The molecule has 0 fully saturated rings. The Balaban J connectivity index is 1.12. The van der Waals surface area contributed by atoms with Crippen LogP contribution in [0.5, 0.6) is 0 Å². The zero-order valence-corrected chi connectivity index (χ0v) is 31.7. The van der Waals surface area contributed by atoms with Crippen molar-refractivity contribution in [3.05, 3.63) is 222 Å². The molecule has 1 aromatic heterocycles. The van der Waals surface area contributed by atoms with E-state index in [1.807, 2.05) is 11.3 Å². The van der Waals surface area contributed by atoms with Crippen LogP contribution in [-0.2, 0) is 5.41 Å². The molecule has 1 atom stereocenters. The van der Waals surface area contributed by atoms with Gasteiger partial charge in [-0.25, -0.2) is 0 Å². The van der Waals surface area contributed by atoms with E-state index in [1.165, 1.54) is 97.0 Å². The van der Waals surface area contributed by atoms with Gasteiger partial charge in [0.15, 0.2) is 0 Å². The minimum Gasteiger partial charge on any atom is -0.310 e. The molecule has 0 saturated heterocycles. The smallest absolute Gasteiger partial charge is 0.0726 e.